The third-order valence-electron chi connectivity index (χ3n) is 2.47. The van der Waals surface area contributed by atoms with E-state index < -0.39 is 0 Å². The number of imidazole rings is 1. The number of aromatic nitrogens is 4. The fourth-order valence-corrected chi connectivity index (χ4v) is 1.97. The molecular weight excluding hydrogens is 310 g/mol. The van der Waals surface area contributed by atoms with Gasteiger partial charge < -0.3 is 9.88 Å². The third-order valence-corrected chi connectivity index (χ3v) is 3.24. The molecule has 0 saturated heterocycles. The molecule has 0 fully saturated rings. The van der Waals surface area contributed by atoms with Gasteiger partial charge >= 0.3 is 0 Å². The average molecular weight is 322 g/mol. The summed E-state index contributed by atoms with van der Waals surface area (Å²) in [6, 6.07) is 0. The maximum absolute atomic E-state index is 11.9. The summed E-state index contributed by atoms with van der Waals surface area (Å²) in [6.45, 7) is 1.57. The number of nitrogens with one attached hydrogen (secondary N) is 1. The molecule has 0 spiro atoms. The van der Waals surface area contributed by atoms with Gasteiger partial charge in [0.15, 0.2) is 0 Å². The molecule has 0 aliphatic carbocycles. The van der Waals surface area contributed by atoms with E-state index in [0.29, 0.717) is 16.7 Å². The summed E-state index contributed by atoms with van der Waals surface area (Å²) in [6.07, 6.45) is 12.1. The standard InChI is InChI=1S/C12H12BrN5O/c1-2-5-18-12(19)11(13)10(8-16-18)15-4-7-17-6-3-14-9-17/h1,3,6,8-9,15H,4-5,7H2. The normalized spacial score (nSPS) is 10.1. The fourth-order valence-electron chi connectivity index (χ4n) is 1.53. The third kappa shape index (κ3) is 3.23. The number of rotatable bonds is 5. The molecule has 0 aliphatic heterocycles. The summed E-state index contributed by atoms with van der Waals surface area (Å²) < 4.78 is 3.60. The summed E-state index contributed by atoms with van der Waals surface area (Å²) in [4.78, 5) is 15.8. The Hall–Kier alpha value is -2.07. The highest BCUT2D eigenvalue weighted by molar-refractivity contribution is 9.10. The smallest absolute Gasteiger partial charge is 0.284 e. The first kappa shape index (κ1) is 13.4. The molecule has 0 saturated carbocycles. The first-order valence-corrected chi connectivity index (χ1v) is 6.40. The minimum Gasteiger partial charge on any atom is -0.381 e. The van der Waals surface area contributed by atoms with Gasteiger partial charge in [-0.1, -0.05) is 5.92 Å². The van der Waals surface area contributed by atoms with Crippen molar-refractivity contribution < 1.29 is 0 Å². The van der Waals surface area contributed by atoms with Crippen LogP contribution in [-0.2, 0) is 13.1 Å². The molecule has 2 aromatic rings. The Bertz CT molecular complexity index is 641. The zero-order valence-electron chi connectivity index (χ0n) is 10.1. The van der Waals surface area contributed by atoms with Crippen molar-refractivity contribution in [3.05, 3.63) is 39.7 Å². The lowest BCUT2D eigenvalue weighted by molar-refractivity contribution is 0.658. The van der Waals surface area contributed by atoms with Gasteiger partial charge in [0, 0.05) is 25.5 Å². The lowest BCUT2D eigenvalue weighted by Crippen LogP contribution is -2.24. The van der Waals surface area contributed by atoms with E-state index in [1.165, 1.54) is 4.68 Å². The van der Waals surface area contributed by atoms with Crippen LogP contribution in [0, 0.1) is 12.3 Å². The van der Waals surface area contributed by atoms with Crippen LogP contribution in [0.15, 0.2) is 34.2 Å². The van der Waals surface area contributed by atoms with Crippen molar-refractivity contribution in [2.24, 2.45) is 0 Å². The van der Waals surface area contributed by atoms with Crippen molar-refractivity contribution in [2.75, 3.05) is 11.9 Å². The van der Waals surface area contributed by atoms with Gasteiger partial charge in [0.05, 0.1) is 18.2 Å². The molecule has 0 amide bonds. The summed E-state index contributed by atoms with van der Waals surface area (Å²) in [5.41, 5.74) is 0.406. The van der Waals surface area contributed by atoms with Gasteiger partial charge in [-0.15, -0.1) is 6.42 Å². The van der Waals surface area contributed by atoms with Crippen molar-refractivity contribution in [1.29, 1.82) is 0 Å². The van der Waals surface area contributed by atoms with Crippen molar-refractivity contribution in [3.63, 3.8) is 0 Å². The second-order valence-corrected chi connectivity index (χ2v) is 4.56. The lowest BCUT2D eigenvalue weighted by Gasteiger charge is -2.09. The van der Waals surface area contributed by atoms with Crippen LogP contribution < -0.4 is 10.9 Å². The largest absolute Gasteiger partial charge is 0.381 e. The van der Waals surface area contributed by atoms with Gasteiger partial charge in [-0.05, 0) is 15.9 Å². The van der Waals surface area contributed by atoms with Gasteiger partial charge in [0.25, 0.3) is 5.56 Å². The van der Waals surface area contributed by atoms with E-state index in [2.05, 4.69) is 37.2 Å². The summed E-state index contributed by atoms with van der Waals surface area (Å²) in [5, 5.41) is 7.13. The van der Waals surface area contributed by atoms with E-state index in [1.54, 1.807) is 18.7 Å². The van der Waals surface area contributed by atoms with E-state index >= 15 is 0 Å². The van der Waals surface area contributed by atoms with Crippen molar-refractivity contribution >= 4 is 21.6 Å². The van der Waals surface area contributed by atoms with Gasteiger partial charge in [-0.3, -0.25) is 4.79 Å². The molecule has 6 nitrogen and oxygen atoms in total. The summed E-state index contributed by atoms with van der Waals surface area (Å²) in [5.74, 6) is 2.38. The van der Waals surface area contributed by atoms with Crippen LogP contribution in [0.1, 0.15) is 0 Å². The average Bonchev–Trinajstić information content (AvgIpc) is 2.91. The van der Waals surface area contributed by atoms with Crippen LogP contribution in [0.3, 0.4) is 0 Å². The van der Waals surface area contributed by atoms with Crippen LogP contribution in [-0.4, -0.2) is 25.9 Å². The van der Waals surface area contributed by atoms with Crippen molar-refractivity contribution in [3.8, 4) is 12.3 Å². The Morgan fingerprint density at radius 2 is 2.37 bits per heavy atom. The fraction of sp³-hybridized carbons (Fsp3) is 0.250. The molecule has 0 aliphatic rings. The van der Waals surface area contributed by atoms with Crippen molar-refractivity contribution in [1.82, 2.24) is 19.3 Å². The van der Waals surface area contributed by atoms with Gasteiger partial charge in [-0.2, -0.15) is 5.10 Å². The molecule has 0 unspecified atom stereocenters. The number of terminal acetylenes is 1. The summed E-state index contributed by atoms with van der Waals surface area (Å²) >= 11 is 3.26. The molecule has 2 rings (SSSR count). The molecule has 1 N–H and O–H groups in total. The van der Waals surface area contributed by atoms with Gasteiger partial charge in [0.1, 0.15) is 11.0 Å². The van der Waals surface area contributed by atoms with Gasteiger partial charge in [0.2, 0.25) is 0 Å². The second-order valence-electron chi connectivity index (χ2n) is 3.77. The Labute approximate surface area is 118 Å². The monoisotopic (exact) mass is 321 g/mol. The molecule has 0 radical (unpaired) electrons. The first-order chi connectivity index (χ1) is 9.22. The SMILES string of the molecule is C#CCn1ncc(NCCn2ccnc2)c(Br)c1=O. The van der Waals surface area contributed by atoms with Crippen LogP contribution in [0.25, 0.3) is 0 Å². The van der Waals surface area contributed by atoms with E-state index in [0.717, 1.165) is 6.54 Å². The number of halogens is 1. The highest BCUT2D eigenvalue weighted by Crippen LogP contribution is 2.15. The predicted octanol–water partition coefficient (Wildman–Crippen LogP) is 0.948. The number of hydrogen-bond acceptors (Lipinski definition) is 4. The number of nitrogens with zero attached hydrogens (tertiary/aromatic N) is 4. The lowest BCUT2D eigenvalue weighted by atomic mass is 10.4. The molecule has 19 heavy (non-hydrogen) atoms. The van der Waals surface area contributed by atoms with Crippen LogP contribution in [0.5, 0.6) is 0 Å². The molecular formula is C12H12BrN5O. The molecule has 98 valence electrons. The van der Waals surface area contributed by atoms with Crippen LogP contribution in [0.4, 0.5) is 5.69 Å². The second kappa shape index (κ2) is 6.20. The highest BCUT2D eigenvalue weighted by Gasteiger charge is 2.07. The molecule has 2 aromatic heterocycles. The van der Waals surface area contributed by atoms with Crippen LogP contribution >= 0.6 is 15.9 Å². The Kier molecular flexibility index (Phi) is 4.36. The minimum absolute atomic E-state index is 0.159. The number of hydrogen-bond donors (Lipinski definition) is 1. The Morgan fingerprint density at radius 3 is 3.05 bits per heavy atom. The molecule has 7 heteroatoms. The van der Waals surface area contributed by atoms with E-state index in [9.17, 15) is 4.79 Å². The molecule has 2 heterocycles. The van der Waals surface area contributed by atoms with Gasteiger partial charge in [-0.25, -0.2) is 9.67 Å². The topological polar surface area (TPSA) is 64.7 Å². The van der Waals surface area contributed by atoms with E-state index in [-0.39, 0.29) is 12.1 Å². The summed E-state index contributed by atoms with van der Waals surface area (Å²) in [7, 11) is 0. The zero-order chi connectivity index (χ0) is 13.7. The van der Waals surface area contributed by atoms with E-state index in [4.69, 9.17) is 6.42 Å². The Morgan fingerprint density at radius 1 is 1.53 bits per heavy atom. The minimum atomic E-state index is -0.245. The zero-order valence-corrected chi connectivity index (χ0v) is 11.7. The van der Waals surface area contributed by atoms with Crippen molar-refractivity contribution in [2.45, 2.75) is 13.1 Å². The molecule has 0 bridgehead atoms. The first-order valence-electron chi connectivity index (χ1n) is 5.61. The maximum atomic E-state index is 11.9. The van der Waals surface area contributed by atoms with E-state index in [1.807, 2.05) is 10.8 Å². The van der Waals surface area contributed by atoms with Crippen LogP contribution in [0.2, 0.25) is 0 Å². The molecule has 0 atom stereocenters. The number of anilines is 1. The maximum Gasteiger partial charge on any atom is 0.284 e. The quantitative estimate of drug-likeness (QED) is 0.833. The highest BCUT2D eigenvalue weighted by atomic mass is 79.9. The molecule has 0 aromatic carbocycles. The predicted molar refractivity (Wildman–Crippen MR) is 75.7 cm³/mol. The Balaban J connectivity index is 2.03.